The molecule has 0 N–H and O–H groups in total. The number of ether oxygens (including phenoxy) is 1. The van der Waals surface area contributed by atoms with Gasteiger partial charge in [0.05, 0.1) is 29.9 Å². The van der Waals surface area contributed by atoms with E-state index in [1.165, 1.54) is 12.1 Å². The molecule has 1 aromatic rings. The Balaban J connectivity index is 1.80. The molecule has 0 amide bonds. The Hall–Kier alpha value is -1.02. The van der Waals surface area contributed by atoms with Crippen molar-refractivity contribution >= 4 is 12.6 Å². The normalized spacial score (nSPS) is 23.7. The largest absolute Gasteiger partial charge is 0.500 e. The van der Waals surface area contributed by atoms with Gasteiger partial charge in [0.25, 0.3) is 0 Å². The summed E-state index contributed by atoms with van der Waals surface area (Å²) in [5.74, 6) is -1.26. The fourth-order valence-corrected chi connectivity index (χ4v) is 2.93. The number of hydrogen-bond donors (Lipinski definition) is 0. The number of hydrogen-bond acceptors (Lipinski definition) is 4. The molecule has 2 aliphatic heterocycles. The fraction of sp³-hybridized carbons (Fsp3) is 0.647. The molecule has 24 heavy (non-hydrogen) atoms. The molecule has 0 bridgehead atoms. The van der Waals surface area contributed by atoms with Crippen LogP contribution < -0.4 is 5.46 Å². The average molecular weight is 339 g/mol. The maximum atomic E-state index is 14.6. The Morgan fingerprint density at radius 1 is 1.00 bits per heavy atom. The molecule has 0 unspecified atom stereocenters. The minimum absolute atomic E-state index is 0.153. The van der Waals surface area contributed by atoms with Crippen LogP contribution in [0.25, 0.3) is 0 Å². The molecule has 2 saturated heterocycles. The molecule has 2 fully saturated rings. The lowest BCUT2D eigenvalue weighted by Gasteiger charge is -2.32. The van der Waals surface area contributed by atoms with Gasteiger partial charge in [-0.1, -0.05) is 0 Å². The Bertz CT molecular complexity index is 579. The van der Waals surface area contributed by atoms with Gasteiger partial charge in [-0.25, -0.2) is 8.78 Å². The lowest BCUT2D eigenvalue weighted by Crippen LogP contribution is -2.41. The van der Waals surface area contributed by atoms with E-state index < -0.39 is 30.0 Å². The smallest absolute Gasteiger partial charge is 0.399 e. The van der Waals surface area contributed by atoms with E-state index in [9.17, 15) is 8.78 Å². The van der Waals surface area contributed by atoms with Crippen molar-refractivity contribution in [2.45, 2.75) is 45.4 Å². The van der Waals surface area contributed by atoms with Crippen LogP contribution in [0, 0.1) is 11.6 Å². The molecule has 2 heterocycles. The first-order valence-electron chi connectivity index (χ1n) is 8.33. The quantitative estimate of drug-likeness (QED) is 0.790. The van der Waals surface area contributed by atoms with Crippen molar-refractivity contribution in [2.75, 3.05) is 26.3 Å². The Labute approximate surface area is 142 Å². The lowest BCUT2D eigenvalue weighted by atomic mass is 9.77. The van der Waals surface area contributed by atoms with Gasteiger partial charge in [0.2, 0.25) is 0 Å². The molecule has 4 nitrogen and oxygen atoms in total. The van der Waals surface area contributed by atoms with Crippen LogP contribution in [0.3, 0.4) is 0 Å². The van der Waals surface area contributed by atoms with Crippen molar-refractivity contribution in [3.05, 3.63) is 29.3 Å². The first kappa shape index (κ1) is 17.8. The molecule has 132 valence electrons. The van der Waals surface area contributed by atoms with Crippen molar-refractivity contribution in [1.29, 1.82) is 0 Å². The predicted octanol–water partition coefficient (Wildman–Crippen LogP) is 2.10. The van der Waals surface area contributed by atoms with Gasteiger partial charge in [0.15, 0.2) is 0 Å². The molecule has 0 aromatic heterocycles. The van der Waals surface area contributed by atoms with Crippen LogP contribution in [0.1, 0.15) is 33.3 Å². The summed E-state index contributed by atoms with van der Waals surface area (Å²) >= 11 is 0. The zero-order chi connectivity index (χ0) is 17.5. The van der Waals surface area contributed by atoms with Crippen molar-refractivity contribution in [1.82, 2.24) is 4.90 Å². The molecule has 0 atom stereocenters. The Morgan fingerprint density at radius 3 is 2.00 bits per heavy atom. The Kier molecular flexibility index (Phi) is 4.72. The molecule has 0 radical (unpaired) electrons. The van der Waals surface area contributed by atoms with E-state index in [4.69, 9.17) is 14.0 Å². The van der Waals surface area contributed by atoms with Crippen molar-refractivity contribution in [2.24, 2.45) is 0 Å². The summed E-state index contributed by atoms with van der Waals surface area (Å²) in [6.07, 6.45) is 0. The number of halogens is 2. The summed E-state index contributed by atoms with van der Waals surface area (Å²) in [5.41, 5.74) is -0.821. The zero-order valence-electron chi connectivity index (χ0n) is 14.7. The molecule has 7 heteroatoms. The third kappa shape index (κ3) is 3.35. The van der Waals surface area contributed by atoms with Gasteiger partial charge in [-0.05, 0) is 45.4 Å². The minimum atomic E-state index is -1.03. The van der Waals surface area contributed by atoms with Crippen LogP contribution in [0.15, 0.2) is 12.1 Å². The van der Waals surface area contributed by atoms with Crippen LogP contribution in [0.4, 0.5) is 8.78 Å². The number of nitrogens with zero attached hydrogens (tertiary/aromatic N) is 1. The molecule has 1 aromatic carbocycles. The van der Waals surface area contributed by atoms with Crippen molar-refractivity contribution < 1.29 is 22.8 Å². The van der Waals surface area contributed by atoms with Gasteiger partial charge < -0.3 is 14.0 Å². The van der Waals surface area contributed by atoms with Crippen LogP contribution in [0.5, 0.6) is 0 Å². The molecule has 0 aliphatic carbocycles. The first-order valence-corrected chi connectivity index (χ1v) is 8.33. The van der Waals surface area contributed by atoms with E-state index in [1.807, 2.05) is 27.7 Å². The predicted molar refractivity (Wildman–Crippen MR) is 88.2 cm³/mol. The van der Waals surface area contributed by atoms with Crippen LogP contribution >= 0.6 is 0 Å². The lowest BCUT2D eigenvalue weighted by molar-refractivity contribution is 0.00578. The standard InChI is InChI=1S/C17H24BF2NO3/c1-16(2)17(3,4)24-18(23-16)15-13(19)9-12(10-14(15)20)11-21-5-7-22-8-6-21/h9-10H,5-8,11H2,1-4H3. The molecule has 0 saturated carbocycles. The summed E-state index contributed by atoms with van der Waals surface area (Å²) in [6.45, 7) is 10.8. The van der Waals surface area contributed by atoms with Crippen molar-refractivity contribution in [3.63, 3.8) is 0 Å². The summed E-state index contributed by atoms with van der Waals surface area (Å²) in [4.78, 5) is 2.12. The summed E-state index contributed by atoms with van der Waals surface area (Å²) in [5, 5.41) is 0. The Morgan fingerprint density at radius 2 is 1.50 bits per heavy atom. The van der Waals surface area contributed by atoms with Gasteiger partial charge >= 0.3 is 7.12 Å². The molecule has 3 rings (SSSR count). The second kappa shape index (κ2) is 6.37. The highest BCUT2D eigenvalue weighted by Crippen LogP contribution is 2.36. The summed E-state index contributed by atoms with van der Waals surface area (Å²) in [6, 6.07) is 2.75. The van der Waals surface area contributed by atoms with Gasteiger partial charge in [0, 0.05) is 19.6 Å². The molecular formula is C17H24BF2NO3. The monoisotopic (exact) mass is 339 g/mol. The van der Waals surface area contributed by atoms with Gasteiger partial charge in [-0.3, -0.25) is 4.90 Å². The minimum Gasteiger partial charge on any atom is -0.399 e. The topological polar surface area (TPSA) is 30.9 Å². The highest BCUT2D eigenvalue weighted by molar-refractivity contribution is 6.62. The third-order valence-corrected chi connectivity index (χ3v) is 5.14. The average Bonchev–Trinajstić information content (AvgIpc) is 2.67. The maximum absolute atomic E-state index is 14.6. The number of benzene rings is 1. The van der Waals surface area contributed by atoms with E-state index in [-0.39, 0.29) is 5.46 Å². The number of morpholine rings is 1. The first-order chi connectivity index (χ1) is 11.2. The maximum Gasteiger partial charge on any atom is 0.500 e. The fourth-order valence-electron chi connectivity index (χ4n) is 2.93. The third-order valence-electron chi connectivity index (χ3n) is 5.14. The summed E-state index contributed by atoms with van der Waals surface area (Å²) < 4.78 is 46.0. The van der Waals surface area contributed by atoms with E-state index in [2.05, 4.69) is 4.90 Å². The SMILES string of the molecule is CC1(C)OB(c2c(F)cc(CN3CCOCC3)cc2F)OC1(C)C. The van der Waals surface area contributed by atoms with Gasteiger partial charge in [-0.15, -0.1) is 0 Å². The van der Waals surface area contributed by atoms with Crippen molar-refractivity contribution in [3.8, 4) is 0 Å². The van der Waals surface area contributed by atoms with E-state index in [0.29, 0.717) is 25.3 Å². The van der Waals surface area contributed by atoms with E-state index in [1.54, 1.807) is 0 Å². The highest BCUT2D eigenvalue weighted by Gasteiger charge is 2.53. The molecule has 2 aliphatic rings. The second-order valence-electron chi connectivity index (χ2n) is 7.45. The second-order valence-corrected chi connectivity index (χ2v) is 7.45. The van der Waals surface area contributed by atoms with E-state index in [0.717, 1.165) is 13.1 Å². The van der Waals surface area contributed by atoms with Gasteiger partial charge in [-0.2, -0.15) is 0 Å². The molecular weight excluding hydrogens is 315 g/mol. The number of rotatable bonds is 3. The van der Waals surface area contributed by atoms with Crippen LogP contribution in [-0.2, 0) is 20.6 Å². The van der Waals surface area contributed by atoms with Crippen LogP contribution in [-0.4, -0.2) is 49.5 Å². The molecule has 0 spiro atoms. The van der Waals surface area contributed by atoms with Gasteiger partial charge in [0.1, 0.15) is 11.6 Å². The van der Waals surface area contributed by atoms with Crippen LogP contribution in [0.2, 0.25) is 0 Å². The van der Waals surface area contributed by atoms with E-state index >= 15 is 0 Å². The zero-order valence-corrected chi connectivity index (χ0v) is 14.7. The highest BCUT2D eigenvalue weighted by atomic mass is 19.1. The summed E-state index contributed by atoms with van der Waals surface area (Å²) in [7, 11) is -1.03.